The first-order valence-corrected chi connectivity index (χ1v) is 5.16. The van der Waals surface area contributed by atoms with Crippen LogP contribution in [0.4, 0.5) is 0 Å². The van der Waals surface area contributed by atoms with Crippen LogP contribution in [0.5, 0.6) is 0 Å². The summed E-state index contributed by atoms with van der Waals surface area (Å²) in [6.07, 6.45) is 6.68. The molecule has 1 amide bonds. The molecule has 7 heteroatoms. The molecule has 7 nitrogen and oxygen atoms in total. The molecule has 0 aliphatic carbocycles. The fourth-order valence-corrected chi connectivity index (χ4v) is 1.43. The summed E-state index contributed by atoms with van der Waals surface area (Å²) in [5.74, 6) is -0.237. The molecular formula is C10H14N6O. The molecule has 90 valence electrons. The Hall–Kier alpha value is -2.15. The van der Waals surface area contributed by atoms with E-state index in [0.29, 0.717) is 12.1 Å². The van der Waals surface area contributed by atoms with Crippen molar-refractivity contribution in [2.45, 2.75) is 12.6 Å². The topological polar surface area (TPSA) is 102 Å². The largest absolute Gasteiger partial charge is 0.350 e. The van der Waals surface area contributed by atoms with E-state index in [4.69, 9.17) is 5.73 Å². The second-order valence-corrected chi connectivity index (χ2v) is 3.75. The summed E-state index contributed by atoms with van der Waals surface area (Å²) >= 11 is 0. The molecule has 4 N–H and O–H groups in total. The Morgan fingerprint density at radius 2 is 2.47 bits per heavy atom. The molecule has 0 fully saturated rings. The minimum absolute atomic E-state index is 0.237. The number of aromatic amines is 1. The molecule has 1 atom stereocenters. The predicted molar refractivity (Wildman–Crippen MR) is 60.6 cm³/mol. The minimum Gasteiger partial charge on any atom is -0.350 e. The van der Waals surface area contributed by atoms with Gasteiger partial charge in [-0.2, -0.15) is 10.2 Å². The molecule has 0 saturated carbocycles. The minimum atomic E-state index is -0.699. The molecule has 1 unspecified atom stereocenters. The lowest BCUT2D eigenvalue weighted by Gasteiger charge is -2.09. The van der Waals surface area contributed by atoms with Crippen LogP contribution in [0.3, 0.4) is 0 Å². The van der Waals surface area contributed by atoms with Gasteiger partial charge >= 0.3 is 0 Å². The van der Waals surface area contributed by atoms with Gasteiger partial charge in [0.1, 0.15) is 6.04 Å². The first-order valence-electron chi connectivity index (χ1n) is 5.16. The Balaban J connectivity index is 1.91. The number of amides is 1. The summed E-state index contributed by atoms with van der Waals surface area (Å²) in [5.41, 5.74) is 7.39. The number of aryl methyl sites for hydroxylation is 1. The number of nitrogens with two attached hydrogens (primary N) is 1. The highest BCUT2D eigenvalue weighted by Gasteiger charge is 2.16. The number of carbonyl (C=O) groups is 1. The van der Waals surface area contributed by atoms with Crippen molar-refractivity contribution >= 4 is 5.91 Å². The third-order valence-corrected chi connectivity index (χ3v) is 2.39. The van der Waals surface area contributed by atoms with Gasteiger partial charge in [-0.1, -0.05) is 0 Å². The van der Waals surface area contributed by atoms with E-state index in [-0.39, 0.29) is 5.91 Å². The SMILES string of the molecule is Cn1cc(C(N)C(=O)NCc2cn[nH]c2)cn1. The van der Waals surface area contributed by atoms with Crippen molar-refractivity contribution in [2.75, 3.05) is 0 Å². The summed E-state index contributed by atoms with van der Waals surface area (Å²) in [6.45, 7) is 0.406. The van der Waals surface area contributed by atoms with Crippen LogP contribution in [0.2, 0.25) is 0 Å². The normalized spacial score (nSPS) is 12.4. The number of aromatic nitrogens is 4. The summed E-state index contributed by atoms with van der Waals surface area (Å²) < 4.78 is 1.61. The highest BCUT2D eigenvalue weighted by molar-refractivity contribution is 5.82. The highest BCUT2D eigenvalue weighted by Crippen LogP contribution is 2.08. The van der Waals surface area contributed by atoms with Gasteiger partial charge in [-0.15, -0.1) is 0 Å². The van der Waals surface area contributed by atoms with E-state index >= 15 is 0 Å². The van der Waals surface area contributed by atoms with Crippen LogP contribution < -0.4 is 11.1 Å². The van der Waals surface area contributed by atoms with E-state index in [1.54, 1.807) is 36.5 Å². The average Bonchev–Trinajstić information content (AvgIpc) is 2.95. The first-order chi connectivity index (χ1) is 8.16. The van der Waals surface area contributed by atoms with E-state index < -0.39 is 6.04 Å². The van der Waals surface area contributed by atoms with E-state index in [0.717, 1.165) is 5.56 Å². The first kappa shape index (κ1) is 11.3. The van der Waals surface area contributed by atoms with Crippen LogP contribution in [0.15, 0.2) is 24.8 Å². The number of carbonyl (C=O) groups excluding carboxylic acids is 1. The fourth-order valence-electron chi connectivity index (χ4n) is 1.43. The predicted octanol–water partition coefficient (Wildman–Crippen LogP) is -0.541. The van der Waals surface area contributed by atoms with Gasteiger partial charge in [0.2, 0.25) is 5.91 Å². The van der Waals surface area contributed by atoms with Crippen LogP contribution in [0.1, 0.15) is 17.2 Å². The quantitative estimate of drug-likeness (QED) is 0.661. The number of nitrogens with one attached hydrogen (secondary N) is 2. The number of rotatable bonds is 4. The van der Waals surface area contributed by atoms with Crippen molar-refractivity contribution in [2.24, 2.45) is 12.8 Å². The van der Waals surface area contributed by atoms with Crippen molar-refractivity contribution < 1.29 is 4.79 Å². The molecule has 0 saturated heterocycles. The van der Waals surface area contributed by atoms with Crippen LogP contribution in [0.25, 0.3) is 0 Å². The molecule has 2 rings (SSSR count). The van der Waals surface area contributed by atoms with Crippen molar-refractivity contribution in [3.63, 3.8) is 0 Å². The van der Waals surface area contributed by atoms with E-state index in [1.165, 1.54) is 0 Å². The number of H-pyrrole nitrogens is 1. The van der Waals surface area contributed by atoms with E-state index in [2.05, 4.69) is 20.6 Å². The highest BCUT2D eigenvalue weighted by atomic mass is 16.2. The van der Waals surface area contributed by atoms with Gasteiger partial charge in [0.05, 0.1) is 12.4 Å². The lowest BCUT2D eigenvalue weighted by atomic mass is 10.1. The standard InChI is InChI=1S/C10H14N6O/c1-16-6-8(5-15-16)9(11)10(17)12-2-7-3-13-14-4-7/h3-6,9H,2,11H2,1H3,(H,12,17)(H,13,14). The zero-order valence-corrected chi connectivity index (χ0v) is 9.42. The molecule has 0 radical (unpaired) electrons. The molecule has 2 heterocycles. The van der Waals surface area contributed by atoms with Crippen LogP contribution in [-0.2, 0) is 18.4 Å². The summed E-state index contributed by atoms with van der Waals surface area (Å²) in [4.78, 5) is 11.7. The summed E-state index contributed by atoms with van der Waals surface area (Å²) in [7, 11) is 1.78. The molecule has 0 bridgehead atoms. The van der Waals surface area contributed by atoms with Gasteiger partial charge in [-0.05, 0) is 0 Å². The van der Waals surface area contributed by atoms with Crippen molar-refractivity contribution in [3.05, 3.63) is 35.9 Å². The Kier molecular flexibility index (Phi) is 3.20. The molecule has 2 aromatic heterocycles. The van der Waals surface area contributed by atoms with Gasteiger partial charge in [-0.25, -0.2) is 0 Å². The molecule has 0 spiro atoms. The second-order valence-electron chi connectivity index (χ2n) is 3.75. The van der Waals surface area contributed by atoms with Gasteiger partial charge in [0, 0.05) is 37.1 Å². The summed E-state index contributed by atoms with van der Waals surface area (Å²) in [6, 6.07) is -0.699. The maximum absolute atomic E-state index is 11.7. The zero-order valence-electron chi connectivity index (χ0n) is 9.42. The molecule has 0 aromatic carbocycles. The van der Waals surface area contributed by atoms with Gasteiger partial charge in [-0.3, -0.25) is 14.6 Å². The Morgan fingerprint density at radius 3 is 3.06 bits per heavy atom. The third-order valence-electron chi connectivity index (χ3n) is 2.39. The van der Waals surface area contributed by atoms with Crippen LogP contribution >= 0.6 is 0 Å². The maximum atomic E-state index is 11.7. The van der Waals surface area contributed by atoms with Crippen LogP contribution in [0, 0.1) is 0 Å². The average molecular weight is 234 g/mol. The molecular weight excluding hydrogens is 220 g/mol. The van der Waals surface area contributed by atoms with E-state index in [9.17, 15) is 4.79 Å². The molecule has 0 aliphatic rings. The van der Waals surface area contributed by atoms with Gasteiger partial charge < -0.3 is 11.1 Å². The second kappa shape index (κ2) is 4.79. The number of hydrogen-bond donors (Lipinski definition) is 3. The van der Waals surface area contributed by atoms with Crippen molar-refractivity contribution in [1.82, 2.24) is 25.3 Å². The number of hydrogen-bond acceptors (Lipinski definition) is 4. The Morgan fingerprint density at radius 1 is 1.65 bits per heavy atom. The van der Waals surface area contributed by atoms with E-state index in [1.807, 2.05) is 0 Å². The van der Waals surface area contributed by atoms with Crippen LogP contribution in [-0.4, -0.2) is 25.9 Å². The Labute approximate surface area is 98.0 Å². The smallest absolute Gasteiger partial charge is 0.241 e. The fraction of sp³-hybridized carbons (Fsp3) is 0.300. The maximum Gasteiger partial charge on any atom is 0.241 e. The number of nitrogens with zero attached hydrogens (tertiary/aromatic N) is 3. The Bertz CT molecular complexity index is 489. The zero-order chi connectivity index (χ0) is 12.3. The lowest BCUT2D eigenvalue weighted by molar-refractivity contribution is -0.122. The lowest BCUT2D eigenvalue weighted by Crippen LogP contribution is -2.33. The van der Waals surface area contributed by atoms with Gasteiger partial charge in [0.15, 0.2) is 0 Å². The molecule has 0 aliphatic heterocycles. The monoisotopic (exact) mass is 234 g/mol. The summed E-state index contributed by atoms with van der Waals surface area (Å²) in [5, 5.41) is 13.2. The van der Waals surface area contributed by atoms with Crippen molar-refractivity contribution in [3.8, 4) is 0 Å². The molecule has 17 heavy (non-hydrogen) atoms. The third kappa shape index (κ3) is 2.70. The van der Waals surface area contributed by atoms with Gasteiger partial charge in [0.25, 0.3) is 0 Å². The molecule has 2 aromatic rings. The van der Waals surface area contributed by atoms with Crippen molar-refractivity contribution in [1.29, 1.82) is 0 Å².